The van der Waals surface area contributed by atoms with Crippen molar-refractivity contribution in [3.63, 3.8) is 0 Å². The predicted molar refractivity (Wildman–Crippen MR) is 114 cm³/mol. The van der Waals surface area contributed by atoms with Crippen LogP contribution in [0.5, 0.6) is 0 Å². The fourth-order valence-corrected chi connectivity index (χ4v) is 6.33. The number of fused-ring (bicyclic) bond motifs is 4. The van der Waals surface area contributed by atoms with Crippen LogP contribution in [0.25, 0.3) is 10.7 Å². The smallest absolute Gasteiger partial charge is 0.138 e. The maximum absolute atomic E-state index is 13.3. The van der Waals surface area contributed by atoms with Crippen molar-refractivity contribution in [1.29, 1.82) is 0 Å². The molecule has 0 amide bonds. The number of halogens is 1. The first-order valence-electron chi connectivity index (χ1n) is 9.63. The summed E-state index contributed by atoms with van der Waals surface area (Å²) in [4.78, 5) is 8.76. The van der Waals surface area contributed by atoms with E-state index in [2.05, 4.69) is 31.8 Å². The molecule has 0 spiro atoms. The molecule has 4 heterocycles. The van der Waals surface area contributed by atoms with Crippen LogP contribution < -0.4 is 19.8 Å². The first-order valence-corrected chi connectivity index (χ1v) is 11.3. The Labute approximate surface area is 178 Å². The maximum atomic E-state index is 13.3. The van der Waals surface area contributed by atoms with Gasteiger partial charge in [0.2, 0.25) is 0 Å². The van der Waals surface area contributed by atoms with Crippen molar-refractivity contribution in [3.8, 4) is 5.00 Å². The van der Waals surface area contributed by atoms with Gasteiger partial charge in [-0.05, 0) is 29.3 Å². The summed E-state index contributed by atoms with van der Waals surface area (Å²) in [5, 5.41) is 13.5. The van der Waals surface area contributed by atoms with Crippen LogP contribution >= 0.6 is 22.7 Å². The second kappa shape index (κ2) is 7.12. The molecule has 2 aliphatic rings. The van der Waals surface area contributed by atoms with Gasteiger partial charge in [0.1, 0.15) is 28.1 Å². The molecule has 9 heteroatoms. The minimum atomic E-state index is -0.215. The fourth-order valence-electron chi connectivity index (χ4n) is 3.93. The fraction of sp³-hybridized carbons (Fsp3) is 0.190. The SMILES string of the molecule is Fc1ccc(CNC2=c3sc(-n4cncn4)cc3=c3sc4c(c3C2)CNCN=4)cc1. The molecule has 1 aromatic carbocycles. The zero-order chi connectivity index (χ0) is 20.1. The highest BCUT2D eigenvalue weighted by atomic mass is 32.1. The molecule has 1 aliphatic carbocycles. The lowest BCUT2D eigenvalue weighted by molar-refractivity contribution is 0.626. The molecule has 6 nitrogen and oxygen atoms in total. The molecular formula is C21H17FN6S2. The maximum Gasteiger partial charge on any atom is 0.138 e. The number of hydrogen-bond acceptors (Lipinski definition) is 7. The number of aromatic nitrogens is 3. The first-order chi connectivity index (χ1) is 14.8. The topological polar surface area (TPSA) is 67.1 Å². The van der Waals surface area contributed by atoms with Crippen LogP contribution in [0, 0.1) is 15.6 Å². The molecule has 0 saturated carbocycles. The molecule has 3 aromatic heterocycles. The Bertz CT molecular complexity index is 1450. The average molecular weight is 437 g/mol. The minimum Gasteiger partial charge on any atom is -0.383 e. The molecule has 0 atom stereocenters. The zero-order valence-electron chi connectivity index (χ0n) is 15.9. The quantitative estimate of drug-likeness (QED) is 0.513. The number of nitrogens with one attached hydrogen (secondary N) is 2. The highest BCUT2D eigenvalue weighted by Gasteiger charge is 2.21. The van der Waals surface area contributed by atoms with E-state index in [1.807, 2.05) is 12.1 Å². The Balaban J connectivity index is 1.52. The van der Waals surface area contributed by atoms with E-state index in [0.29, 0.717) is 13.2 Å². The summed E-state index contributed by atoms with van der Waals surface area (Å²) >= 11 is 3.49. The van der Waals surface area contributed by atoms with E-state index in [1.165, 1.54) is 43.2 Å². The van der Waals surface area contributed by atoms with Gasteiger partial charge in [0, 0.05) is 40.5 Å². The van der Waals surface area contributed by atoms with Gasteiger partial charge in [0.05, 0.1) is 11.2 Å². The Morgan fingerprint density at radius 2 is 2.03 bits per heavy atom. The van der Waals surface area contributed by atoms with Crippen LogP contribution in [-0.2, 0) is 19.5 Å². The van der Waals surface area contributed by atoms with Gasteiger partial charge < -0.3 is 5.32 Å². The van der Waals surface area contributed by atoms with E-state index >= 15 is 0 Å². The standard InChI is InChI=1S/C21H17FN6S2/c22-13-3-1-12(2-4-13)7-25-17-5-14-16-8-23-9-26-21(16)30-19(14)15-6-18(29-20(15)17)28-11-24-10-27-28/h1-4,6,10-11,23,25H,5,7-9H2. The molecule has 6 rings (SSSR count). The van der Waals surface area contributed by atoms with Crippen molar-refractivity contribution in [3.05, 3.63) is 84.4 Å². The van der Waals surface area contributed by atoms with E-state index < -0.39 is 0 Å². The Morgan fingerprint density at radius 3 is 2.87 bits per heavy atom. The van der Waals surface area contributed by atoms with Crippen LogP contribution in [0.4, 0.5) is 4.39 Å². The third-order valence-electron chi connectivity index (χ3n) is 5.39. The molecule has 0 bridgehead atoms. The van der Waals surface area contributed by atoms with Gasteiger partial charge in [-0.1, -0.05) is 12.1 Å². The van der Waals surface area contributed by atoms with E-state index in [1.54, 1.807) is 40.0 Å². The van der Waals surface area contributed by atoms with Crippen LogP contribution in [0.1, 0.15) is 16.7 Å². The molecule has 2 N–H and O–H groups in total. The van der Waals surface area contributed by atoms with Crippen molar-refractivity contribution >= 4 is 28.4 Å². The summed E-state index contributed by atoms with van der Waals surface area (Å²) in [6.45, 7) is 2.17. The van der Waals surface area contributed by atoms with Crippen molar-refractivity contribution in [2.45, 2.75) is 19.5 Å². The Morgan fingerprint density at radius 1 is 1.13 bits per heavy atom. The van der Waals surface area contributed by atoms with Crippen LogP contribution in [-0.4, -0.2) is 21.4 Å². The molecule has 0 fully saturated rings. The van der Waals surface area contributed by atoms with E-state index in [4.69, 9.17) is 0 Å². The summed E-state index contributed by atoms with van der Waals surface area (Å²) < 4.78 is 18.7. The van der Waals surface area contributed by atoms with Gasteiger partial charge in [0.25, 0.3) is 0 Å². The van der Waals surface area contributed by atoms with E-state index in [0.717, 1.165) is 28.2 Å². The van der Waals surface area contributed by atoms with Crippen LogP contribution in [0.2, 0.25) is 0 Å². The summed E-state index contributed by atoms with van der Waals surface area (Å²) in [7, 11) is 0. The first kappa shape index (κ1) is 17.9. The molecule has 1 aliphatic heterocycles. The summed E-state index contributed by atoms with van der Waals surface area (Å²) in [6, 6.07) is 8.84. The van der Waals surface area contributed by atoms with Crippen LogP contribution in [0.15, 0.2) is 48.0 Å². The number of thiophene rings is 2. The van der Waals surface area contributed by atoms with E-state index in [9.17, 15) is 4.39 Å². The van der Waals surface area contributed by atoms with Gasteiger partial charge in [-0.25, -0.2) is 14.1 Å². The third-order valence-corrected chi connectivity index (χ3v) is 7.81. The summed E-state index contributed by atoms with van der Waals surface area (Å²) in [5.74, 6) is -0.215. The molecule has 4 aromatic rings. The molecule has 30 heavy (non-hydrogen) atoms. The normalized spacial score (nSPS) is 14.6. The van der Waals surface area contributed by atoms with Gasteiger partial charge in [0.15, 0.2) is 0 Å². The zero-order valence-corrected chi connectivity index (χ0v) is 17.5. The van der Waals surface area contributed by atoms with Crippen molar-refractivity contribution < 1.29 is 4.39 Å². The highest BCUT2D eigenvalue weighted by molar-refractivity contribution is 7.12. The van der Waals surface area contributed by atoms with Gasteiger partial charge >= 0.3 is 0 Å². The van der Waals surface area contributed by atoms with Crippen molar-refractivity contribution in [2.24, 2.45) is 4.99 Å². The summed E-state index contributed by atoms with van der Waals surface area (Å²) in [6.07, 6.45) is 4.11. The molecule has 150 valence electrons. The second-order valence-electron chi connectivity index (χ2n) is 7.24. The molecular weight excluding hydrogens is 419 g/mol. The third kappa shape index (κ3) is 2.97. The minimum absolute atomic E-state index is 0.215. The lowest BCUT2D eigenvalue weighted by Crippen LogP contribution is -2.27. The monoisotopic (exact) mass is 436 g/mol. The second-order valence-corrected chi connectivity index (χ2v) is 9.27. The number of nitrogens with zero attached hydrogens (tertiary/aromatic N) is 4. The predicted octanol–water partition coefficient (Wildman–Crippen LogP) is 1.95. The molecule has 0 unspecified atom stereocenters. The molecule has 0 radical (unpaired) electrons. The molecule has 0 saturated heterocycles. The van der Waals surface area contributed by atoms with E-state index in [-0.39, 0.29) is 5.82 Å². The lowest BCUT2D eigenvalue weighted by atomic mass is 10.0. The Kier molecular flexibility index (Phi) is 4.26. The van der Waals surface area contributed by atoms with Gasteiger partial charge in [-0.15, -0.1) is 22.7 Å². The number of benzene rings is 1. The van der Waals surface area contributed by atoms with Crippen LogP contribution in [0.3, 0.4) is 0 Å². The summed E-state index contributed by atoms with van der Waals surface area (Å²) in [5.41, 5.74) is 4.89. The van der Waals surface area contributed by atoms with Gasteiger partial charge in [-0.2, -0.15) is 5.10 Å². The van der Waals surface area contributed by atoms with Gasteiger partial charge in [-0.3, -0.25) is 10.3 Å². The highest BCUT2D eigenvalue weighted by Crippen LogP contribution is 2.24. The van der Waals surface area contributed by atoms with Crippen molar-refractivity contribution in [2.75, 3.05) is 6.67 Å². The number of rotatable bonds is 4. The average Bonchev–Trinajstić information content (AvgIpc) is 3.50. The lowest BCUT2D eigenvalue weighted by Gasteiger charge is -2.15. The van der Waals surface area contributed by atoms with Crippen molar-refractivity contribution in [1.82, 2.24) is 25.4 Å². The Hall–Kier alpha value is -2.88. The largest absolute Gasteiger partial charge is 0.383 e. The number of hydrogen-bond donors (Lipinski definition) is 2.